The van der Waals surface area contributed by atoms with E-state index >= 15 is 0 Å². The Hall–Kier alpha value is -1.75. The second-order valence-corrected chi connectivity index (χ2v) is 6.21. The molecule has 1 aromatic rings. The van der Waals surface area contributed by atoms with Gasteiger partial charge in [0.05, 0.1) is 13.0 Å². The average Bonchev–Trinajstić information content (AvgIpc) is 2.96. The normalized spacial score (nSPS) is 24.5. The van der Waals surface area contributed by atoms with Crippen LogP contribution in [0.25, 0.3) is 0 Å². The highest BCUT2D eigenvalue weighted by molar-refractivity contribution is 5.79. The fourth-order valence-corrected chi connectivity index (χ4v) is 3.25. The summed E-state index contributed by atoms with van der Waals surface area (Å²) in [7, 11) is 3.76. The van der Waals surface area contributed by atoms with Gasteiger partial charge in [-0.1, -0.05) is 6.07 Å². The number of likely N-dealkylation sites (N-methyl/N-ethyl adjacent to an activating group) is 1. The Balaban J connectivity index is 1.56. The highest BCUT2D eigenvalue weighted by Crippen LogP contribution is 2.31. The molecule has 5 nitrogen and oxygen atoms in total. The van der Waals surface area contributed by atoms with Gasteiger partial charge in [-0.15, -0.1) is 0 Å². The number of fused-ring (bicyclic) bond motifs is 1. The quantitative estimate of drug-likeness (QED) is 0.915. The maximum Gasteiger partial charge on any atom is 0.226 e. The van der Waals surface area contributed by atoms with E-state index in [9.17, 15) is 4.79 Å². The topological polar surface area (TPSA) is 50.8 Å². The van der Waals surface area contributed by atoms with Crippen LogP contribution in [0.4, 0.5) is 0 Å². The first-order valence-corrected chi connectivity index (χ1v) is 7.95. The number of amides is 1. The molecule has 2 aliphatic rings. The largest absolute Gasteiger partial charge is 0.497 e. The second kappa shape index (κ2) is 6.57. The molecule has 0 aliphatic carbocycles. The molecule has 1 N–H and O–H groups in total. The van der Waals surface area contributed by atoms with Crippen molar-refractivity contribution in [1.29, 1.82) is 0 Å². The molecular formula is C17H24N2O3. The van der Waals surface area contributed by atoms with Crippen LogP contribution in [-0.4, -0.2) is 50.7 Å². The minimum absolute atomic E-state index is 0.0989. The van der Waals surface area contributed by atoms with Crippen molar-refractivity contribution >= 4 is 5.91 Å². The van der Waals surface area contributed by atoms with Gasteiger partial charge < -0.3 is 19.7 Å². The van der Waals surface area contributed by atoms with E-state index in [1.165, 1.54) is 12.8 Å². The van der Waals surface area contributed by atoms with E-state index in [0.717, 1.165) is 36.6 Å². The zero-order chi connectivity index (χ0) is 15.5. The van der Waals surface area contributed by atoms with Crippen LogP contribution in [0.15, 0.2) is 18.2 Å². The van der Waals surface area contributed by atoms with E-state index in [2.05, 4.69) is 17.3 Å². The predicted molar refractivity (Wildman–Crippen MR) is 84.3 cm³/mol. The molecule has 1 fully saturated rings. The number of ether oxygens (including phenoxy) is 2. The van der Waals surface area contributed by atoms with Gasteiger partial charge in [0.2, 0.25) is 5.91 Å². The highest BCUT2D eigenvalue weighted by Gasteiger charge is 2.28. The fourth-order valence-electron chi connectivity index (χ4n) is 3.25. The summed E-state index contributed by atoms with van der Waals surface area (Å²) in [6.45, 7) is 2.30. The number of likely N-dealkylation sites (tertiary alicyclic amines) is 1. The molecule has 120 valence electrons. The standard InChI is InChI=1S/C17H24N2O3/c1-19-7-3-4-14(19)10-18-17(20)13-8-12-5-6-15(21-2)9-16(12)22-11-13/h5-6,9,13-14H,3-4,7-8,10-11H2,1-2H3,(H,18,20)/t13-,14+/m0/s1. The third-order valence-corrected chi connectivity index (χ3v) is 4.73. The first-order valence-electron chi connectivity index (χ1n) is 7.95. The van der Waals surface area contributed by atoms with E-state index < -0.39 is 0 Å². The van der Waals surface area contributed by atoms with E-state index in [1.807, 2.05) is 18.2 Å². The Bertz CT molecular complexity index is 547. The number of nitrogens with zero attached hydrogens (tertiary/aromatic N) is 1. The summed E-state index contributed by atoms with van der Waals surface area (Å²) >= 11 is 0. The summed E-state index contributed by atoms with van der Waals surface area (Å²) in [6, 6.07) is 6.26. The van der Waals surface area contributed by atoms with Gasteiger partial charge in [-0.3, -0.25) is 4.79 Å². The van der Waals surface area contributed by atoms with E-state index in [1.54, 1.807) is 7.11 Å². The third-order valence-electron chi connectivity index (χ3n) is 4.73. The summed E-state index contributed by atoms with van der Waals surface area (Å²) in [4.78, 5) is 14.7. The molecule has 0 saturated carbocycles. The molecule has 22 heavy (non-hydrogen) atoms. The van der Waals surface area contributed by atoms with Gasteiger partial charge >= 0.3 is 0 Å². The number of carbonyl (C=O) groups is 1. The number of methoxy groups -OCH3 is 1. The molecule has 2 heterocycles. The first kappa shape index (κ1) is 15.2. The number of rotatable bonds is 4. The average molecular weight is 304 g/mol. The zero-order valence-electron chi connectivity index (χ0n) is 13.3. The lowest BCUT2D eigenvalue weighted by Crippen LogP contribution is -2.43. The van der Waals surface area contributed by atoms with E-state index in [4.69, 9.17) is 9.47 Å². The highest BCUT2D eigenvalue weighted by atomic mass is 16.5. The van der Waals surface area contributed by atoms with Gasteiger partial charge in [-0.05, 0) is 44.5 Å². The van der Waals surface area contributed by atoms with Crippen LogP contribution in [0, 0.1) is 5.92 Å². The monoisotopic (exact) mass is 304 g/mol. The lowest BCUT2D eigenvalue weighted by Gasteiger charge is -2.26. The van der Waals surface area contributed by atoms with Crippen LogP contribution in [0.1, 0.15) is 18.4 Å². The van der Waals surface area contributed by atoms with Crippen molar-refractivity contribution in [2.75, 3.05) is 33.9 Å². The van der Waals surface area contributed by atoms with Crippen molar-refractivity contribution < 1.29 is 14.3 Å². The minimum Gasteiger partial charge on any atom is -0.497 e. The summed E-state index contributed by atoms with van der Waals surface area (Å²) in [5, 5.41) is 3.09. The zero-order valence-corrected chi connectivity index (χ0v) is 13.3. The lowest BCUT2D eigenvalue weighted by molar-refractivity contribution is -0.126. The van der Waals surface area contributed by atoms with Crippen LogP contribution in [0.2, 0.25) is 0 Å². The van der Waals surface area contributed by atoms with Gasteiger partial charge in [-0.2, -0.15) is 0 Å². The fraction of sp³-hybridized carbons (Fsp3) is 0.588. The van der Waals surface area contributed by atoms with Crippen molar-refractivity contribution in [3.63, 3.8) is 0 Å². The van der Waals surface area contributed by atoms with Crippen molar-refractivity contribution in [1.82, 2.24) is 10.2 Å². The third kappa shape index (κ3) is 3.19. The van der Waals surface area contributed by atoms with Crippen LogP contribution in [0.5, 0.6) is 11.5 Å². The molecular weight excluding hydrogens is 280 g/mol. The second-order valence-electron chi connectivity index (χ2n) is 6.21. The first-order chi connectivity index (χ1) is 10.7. The number of hydrogen-bond donors (Lipinski definition) is 1. The van der Waals surface area contributed by atoms with Crippen molar-refractivity contribution in [2.45, 2.75) is 25.3 Å². The van der Waals surface area contributed by atoms with Crippen LogP contribution >= 0.6 is 0 Å². The van der Waals surface area contributed by atoms with Crippen LogP contribution in [0.3, 0.4) is 0 Å². The molecule has 2 atom stereocenters. The van der Waals surface area contributed by atoms with Crippen molar-refractivity contribution in [2.24, 2.45) is 5.92 Å². The predicted octanol–water partition coefficient (Wildman–Crippen LogP) is 1.46. The number of benzene rings is 1. The van der Waals surface area contributed by atoms with E-state index in [-0.39, 0.29) is 11.8 Å². The Morgan fingerprint density at radius 1 is 1.50 bits per heavy atom. The number of hydrogen-bond acceptors (Lipinski definition) is 4. The SMILES string of the molecule is COc1ccc2c(c1)OC[C@@H](C(=O)NC[C@H]1CCCN1C)C2. The Morgan fingerprint density at radius 3 is 3.09 bits per heavy atom. The molecule has 1 saturated heterocycles. The van der Waals surface area contributed by atoms with Crippen LogP contribution < -0.4 is 14.8 Å². The summed E-state index contributed by atoms with van der Waals surface area (Å²) in [5.41, 5.74) is 1.07. The minimum atomic E-state index is -0.104. The number of nitrogens with one attached hydrogen (secondary N) is 1. The van der Waals surface area contributed by atoms with Gasteiger partial charge in [0, 0.05) is 18.7 Å². The van der Waals surface area contributed by atoms with Gasteiger partial charge in [0.1, 0.15) is 18.1 Å². The molecule has 0 aromatic heterocycles. The molecule has 0 radical (unpaired) electrons. The van der Waals surface area contributed by atoms with E-state index in [0.29, 0.717) is 12.6 Å². The maximum absolute atomic E-state index is 12.4. The molecule has 1 amide bonds. The lowest BCUT2D eigenvalue weighted by atomic mass is 9.96. The Morgan fingerprint density at radius 2 is 2.36 bits per heavy atom. The van der Waals surface area contributed by atoms with Crippen LogP contribution in [-0.2, 0) is 11.2 Å². The Labute approximate surface area is 131 Å². The van der Waals surface area contributed by atoms with Gasteiger partial charge in [0.15, 0.2) is 0 Å². The van der Waals surface area contributed by atoms with Crippen molar-refractivity contribution in [3.8, 4) is 11.5 Å². The molecule has 3 rings (SSSR count). The molecule has 0 bridgehead atoms. The summed E-state index contributed by atoms with van der Waals surface area (Å²) in [6.07, 6.45) is 3.12. The summed E-state index contributed by atoms with van der Waals surface area (Å²) in [5.74, 6) is 1.61. The van der Waals surface area contributed by atoms with Gasteiger partial charge in [0.25, 0.3) is 0 Å². The molecule has 1 aromatic carbocycles. The molecule has 2 aliphatic heterocycles. The smallest absolute Gasteiger partial charge is 0.226 e. The van der Waals surface area contributed by atoms with Gasteiger partial charge in [-0.25, -0.2) is 0 Å². The molecule has 0 unspecified atom stereocenters. The molecule has 5 heteroatoms. The summed E-state index contributed by atoms with van der Waals surface area (Å²) < 4.78 is 10.9. The number of carbonyl (C=O) groups excluding carboxylic acids is 1. The Kier molecular flexibility index (Phi) is 4.52. The maximum atomic E-state index is 12.4. The van der Waals surface area contributed by atoms with Crippen molar-refractivity contribution in [3.05, 3.63) is 23.8 Å². The molecule has 0 spiro atoms.